The summed E-state index contributed by atoms with van der Waals surface area (Å²) in [5, 5.41) is 13.4. The lowest BCUT2D eigenvalue weighted by molar-refractivity contribution is 0.119. The fraction of sp³-hybridized carbons (Fsp3) is 0.625. The molecule has 1 aromatic rings. The first-order valence-electron chi connectivity index (χ1n) is 7.34. The van der Waals surface area contributed by atoms with Crippen LogP contribution >= 0.6 is 0 Å². The Hall–Kier alpha value is -1.26. The molecule has 1 aliphatic rings. The number of fused-ring (bicyclic) bond motifs is 1. The highest BCUT2D eigenvalue weighted by molar-refractivity contribution is 5.42. The van der Waals surface area contributed by atoms with Crippen molar-refractivity contribution in [2.24, 2.45) is 5.92 Å². The van der Waals surface area contributed by atoms with Crippen LogP contribution in [0.15, 0.2) is 18.2 Å². The van der Waals surface area contributed by atoms with Gasteiger partial charge in [-0.2, -0.15) is 0 Å². The van der Waals surface area contributed by atoms with E-state index < -0.39 is 0 Å². The molecule has 1 aromatic carbocycles. The van der Waals surface area contributed by atoms with Crippen molar-refractivity contribution in [2.75, 3.05) is 20.3 Å². The van der Waals surface area contributed by atoms with Gasteiger partial charge >= 0.3 is 0 Å². The molecule has 0 radical (unpaired) electrons. The van der Waals surface area contributed by atoms with E-state index in [1.54, 1.807) is 7.11 Å². The lowest BCUT2D eigenvalue weighted by atomic mass is 10.0. The first-order chi connectivity index (χ1) is 9.61. The van der Waals surface area contributed by atoms with E-state index in [1.807, 2.05) is 32.0 Å². The maximum Gasteiger partial charge on any atom is 0.124 e. The van der Waals surface area contributed by atoms with Crippen molar-refractivity contribution in [1.29, 1.82) is 0 Å². The highest BCUT2D eigenvalue weighted by Gasteiger charge is 2.21. The lowest BCUT2D eigenvalue weighted by Crippen LogP contribution is -2.33. The van der Waals surface area contributed by atoms with Crippen LogP contribution in [0, 0.1) is 5.92 Å². The Balaban J connectivity index is 2.13. The average Bonchev–Trinajstić information content (AvgIpc) is 2.65. The molecule has 0 aromatic heterocycles. The zero-order valence-corrected chi connectivity index (χ0v) is 12.6. The summed E-state index contributed by atoms with van der Waals surface area (Å²) in [4.78, 5) is 0. The molecule has 20 heavy (non-hydrogen) atoms. The smallest absolute Gasteiger partial charge is 0.124 e. The van der Waals surface area contributed by atoms with E-state index >= 15 is 0 Å². The Morgan fingerprint density at radius 3 is 2.95 bits per heavy atom. The summed E-state index contributed by atoms with van der Waals surface area (Å²) in [7, 11) is 1.67. The number of aliphatic hydroxyl groups excluding tert-OH is 1. The van der Waals surface area contributed by atoms with Gasteiger partial charge in [-0.25, -0.2) is 0 Å². The lowest BCUT2D eigenvalue weighted by Gasteiger charge is -2.22. The molecule has 2 N–H and O–H groups in total. The van der Waals surface area contributed by atoms with Crippen molar-refractivity contribution in [3.8, 4) is 11.5 Å². The molecule has 1 aliphatic heterocycles. The monoisotopic (exact) mass is 279 g/mol. The van der Waals surface area contributed by atoms with Crippen molar-refractivity contribution in [2.45, 2.75) is 38.8 Å². The second-order valence-electron chi connectivity index (χ2n) is 5.67. The zero-order valence-electron chi connectivity index (χ0n) is 12.6. The fourth-order valence-electron chi connectivity index (χ4n) is 2.39. The van der Waals surface area contributed by atoms with Gasteiger partial charge in [-0.1, -0.05) is 13.8 Å². The quantitative estimate of drug-likeness (QED) is 0.869. The van der Waals surface area contributed by atoms with Gasteiger partial charge in [0.25, 0.3) is 0 Å². The van der Waals surface area contributed by atoms with E-state index in [1.165, 1.54) is 0 Å². The van der Waals surface area contributed by atoms with Gasteiger partial charge in [0.15, 0.2) is 0 Å². The van der Waals surface area contributed by atoms with Crippen molar-refractivity contribution in [1.82, 2.24) is 5.32 Å². The standard InChI is InChI=1S/C16H25NO3/c1-11(2)15(18)10-17-14-5-4-8-20-16-7-6-12(19-3)9-13(14)16/h6-7,9,11,14-15,17-18H,4-5,8,10H2,1-3H3. The third kappa shape index (κ3) is 3.64. The van der Waals surface area contributed by atoms with E-state index in [-0.39, 0.29) is 18.1 Å². The summed E-state index contributed by atoms with van der Waals surface area (Å²) in [5.74, 6) is 2.01. The molecule has 2 atom stereocenters. The molecule has 4 nitrogen and oxygen atoms in total. The molecule has 112 valence electrons. The number of ether oxygens (including phenoxy) is 2. The normalized spacial score (nSPS) is 19.9. The first-order valence-corrected chi connectivity index (χ1v) is 7.34. The second-order valence-corrected chi connectivity index (χ2v) is 5.67. The molecule has 2 unspecified atom stereocenters. The third-order valence-corrected chi connectivity index (χ3v) is 3.83. The van der Waals surface area contributed by atoms with Crippen LogP contribution in [0.1, 0.15) is 38.3 Å². The SMILES string of the molecule is COc1ccc2c(c1)C(NCC(O)C(C)C)CCCO2. The van der Waals surface area contributed by atoms with Gasteiger partial charge < -0.3 is 19.9 Å². The van der Waals surface area contributed by atoms with Crippen LogP contribution < -0.4 is 14.8 Å². The molecule has 0 aliphatic carbocycles. The maximum absolute atomic E-state index is 9.96. The molecular weight excluding hydrogens is 254 g/mol. The van der Waals surface area contributed by atoms with Crippen LogP contribution in [-0.4, -0.2) is 31.5 Å². The van der Waals surface area contributed by atoms with Crippen LogP contribution in [0.2, 0.25) is 0 Å². The summed E-state index contributed by atoms with van der Waals surface area (Å²) in [6.45, 7) is 5.39. The third-order valence-electron chi connectivity index (χ3n) is 3.83. The number of aliphatic hydroxyl groups is 1. The fourth-order valence-corrected chi connectivity index (χ4v) is 2.39. The number of hydrogen-bond donors (Lipinski definition) is 2. The van der Waals surface area contributed by atoms with E-state index in [0.717, 1.165) is 36.5 Å². The Kier molecular flexibility index (Phi) is 5.26. The number of nitrogens with one attached hydrogen (secondary N) is 1. The van der Waals surface area contributed by atoms with Crippen molar-refractivity contribution >= 4 is 0 Å². The maximum atomic E-state index is 9.96. The Morgan fingerprint density at radius 1 is 1.45 bits per heavy atom. The van der Waals surface area contributed by atoms with Crippen LogP contribution in [0.3, 0.4) is 0 Å². The van der Waals surface area contributed by atoms with Crippen LogP contribution in [0.5, 0.6) is 11.5 Å². The van der Waals surface area contributed by atoms with E-state index in [2.05, 4.69) is 5.32 Å². The number of rotatable bonds is 5. The minimum absolute atomic E-state index is 0.205. The molecule has 2 rings (SSSR count). The summed E-state index contributed by atoms with van der Waals surface area (Å²) >= 11 is 0. The minimum atomic E-state index is -0.326. The Morgan fingerprint density at radius 2 is 2.25 bits per heavy atom. The van der Waals surface area contributed by atoms with Gasteiger partial charge in [-0.15, -0.1) is 0 Å². The summed E-state index contributed by atoms with van der Waals surface area (Å²) in [5.41, 5.74) is 1.12. The number of methoxy groups -OCH3 is 1. The molecule has 0 fully saturated rings. The number of hydrogen-bond acceptors (Lipinski definition) is 4. The predicted octanol–water partition coefficient (Wildman–Crippen LogP) is 2.52. The molecule has 0 saturated carbocycles. The van der Waals surface area contributed by atoms with Gasteiger partial charge in [0.05, 0.1) is 19.8 Å². The molecule has 0 saturated heterocycles. The molecule has 4 heteroatoms. The van der Waals surface area contributed by atoms with E-state index in [9.17, 15) is 5.11 Å². The van der Waals surface area contributed by atoms with Crippen molar-refractivity contribution in [3.05, 3.63) is 23.8 Å². The summed E-state index contributed by atoms with van der Waals surface area (Å²) in [6, 6.07) is 6.12. The van der Waals surface area contributed by atoms with Crippen molar-refractivity contribution in [3.63, 3.8) is 0 Å². The molecule has 0 spiro atoms. The molecule has 1 heterocycles. The van der Waals surface area contributed by atoms with Gasteiger partial charge in [-0.3, -0.25) is 0 Å². The van der Waals surface area contributed by atoms with Crippen LogP contribution in [0.25, 0.3) is 0 Å². The summed E-state index contributed by atoms with van der Waals surface area (Å²) < 4.78 is 11.1. The topological polar surface area (TPSA) is 50.7 Å². The molecule has 0 amide bonds. The van der Waals surface area contributed by atoms with E-state index in [0.29, 0.717) is 6.54 Å². The Labute approximate surface area is 121 Å². The zero-order chi connectivity index (χ0) is 14.5. The van der Waals surface area contributed by atoms with Gasteiger partial charge in [-0.05, 0) is 37.0 Å². The average molecular weight is 279 g/mol. The van der Waals surface area contributed by atoms with Gasteiger partial charge in [0.2, 0.25) is 0 Å². The highest BCUT2D eigenvalue weighted by Crippen LogP contribution is 2.34. The number of benzene rings is 1. The van der Waals surface area contributed by atoms with Crippen LogP contribution in [0.4, 0.5) is 0 Å². The second kappa shape index (κ2) is 6.95. The van der Waals surface area contributed by atoms with Gasteiger partial charge in [0, 0.05) is 18.2 Å². The molecular formula is C16H25NO3. The first kappa shape index (κ1) is 15.1. The summed E-state index contributed by atoms with van der Waals surface area (Å²) in [6.07, 6.45) is 1.69. The van der Waals surface area contributed by atoms with Crippen LogP contribution in [-0.2, 0) is 0 Å². The molecule has 0 bridgehead atoms. The predicted molar refractivity (Wildman–Crippen MR) is 79.3 cm³/mol. The largest absolute Gasteiger partial charge is 0.497 e. The Bertz CT molecular complexity index is 434. The minimum Gasteiger partial charge on any atom is -0.497 e. The highest BCUT2D eigenvalue weighted by atomic mass is 16.5. The van der Waals surface area contributed by atoms with Gasteiger partial charge in [0.1, 0.15) is 11.5 Å². The van der Waals surface area contributed by atoms with Crippen molar-refractivity contribution < 1.29 is 14.6 Å². The van der Waals surface area contributed by atoms with E-state index in [4.69, 9.17) is 9.47 Å².